The molecule has 1 atom stereocenters. The molecule has 0 saturated heterocycles. The Hall–Kier alpha value is -0.650. The summed E-state index contributed by atoms with van der Waals surface area (Å²) in [5.41, 5.74) is 2.28. The summed E-state index contributed by atoms with van der Waals surface area (Å²) in [4.78, 5) is 2.74. The summed E-state index contributed by atoms with van der Waals surface area (Å²) in [6, 6.07) is 4.75. The topological polar surface area (TPSA) is 29.9 Å². The number of nitrogens with zero attached hydrogens (tertiary/aromatic N) is 2. The zero-order valence-electron chi connectivity index (χ0n) is 11.8. The van der Waals surface area contributed by atoms with Crippen molar-refractivity contribution in [3.05, 3.63) is 37.7 Å². The van der Waals surface area contributed by atoms with Gasteiger partial charge in [-0.15, -0.1) is 11.3 Å². The molecule has 3 nitrogen and oxygen atoms in total. The Morgan fingerprint density at radius 1 is 1.42 bits per heavy atom. The minimum atomic E-state index is 0.367. The van der Waals surface area contributed by atoms with E-state index in [2.05, 4.69) is 63.9 Å². The molecule has 2 aromatic heterocycles. The standard InChI is InChI=1S/C14H20BrN3S/c1-5-18-12(14(15)11(4)17-18)8-16-10(3)13-7-6-9(2)19-13/h6-7,10,16H,5,8H2,1-4H3. The van der Waals surface area contributed by atoms with Crippen LogP contribution in [0.25, 0.3) is 0 Å². The summed E-state index contributed by atoms with van der Waals surface area (Å²) in [5.74, 6) is 0. The maximum absolute atomic E-state index is 4.52. The van der Waals surface area contributed by atoms with Crippen molar-refractivity contribution in [1.82, 2.24) is 15.1 Å². The Labute approximate surface area is 127 Å². The lowest BCUT2D eigenvalue weighted by molar-refractivity contribution is 0.534. The fraction of sp³-hybridized carbons (Fsp3) is 0.500. The fourth-order valence-electron chi connectivity index (χ4n) is 2.07. The lowest BCUT2D eigenvalue weighted by atomic mass is 10.2. The molecule has 1 N–H and O–H groups in total. The predicted octanol–water partition coefficient (Wildman–Crippen LogP) is 4.19. The third kappa shape index (κ3) is 3.27. The van der Waals surface area contributed by atoms with Gasteiger partial charge >= 0.3 is 0 Å². The van der Waals surface area contributed by atoms with Crippen LogP contribution >= 0.6 is 27.3 Å². The number of aryl methyl sites for hydroxylation is 3. The van der Waals surface area contributed by atoms with Gasteiger partial charge in [0, 0.05) is 28.9 Å². The van der Waals surface area contributed by atoms with Gasteiger partial charge in [-0.25, -0.2) is 0 Å². The van der Waals surface area contributed by atoms with E-state index in [4.69, 9.17) is 0 Å². The normalized spacial score (nSPS) is 12.9. The number of hydrogen-bond acceptors (Lipinski definition) is 3. The first kappa shape index (κ1) is 14.8. The van der Waals surface area contributed by atoms with E-state index in [-0.39, 0.29) is 0 Å². The predicted molar refractivity (Wildman–Crippen MR) is 84.6 cm³/mol. The van der Waals surface area contributed by atoms with Gasteiger partial charge in [0.05, 0.1) is 15.9 Å². The minimum absolute atomic E-state index is 0.367. The molecule has 0 spiro atoms. The van der Waals surface area contributed by atoms with Crippen LogP contribution in [0.3, 0.4) is 0 Å². The van der Waals surface area contributed by atoms with E-state index < -0.39 is 0 Å². The second-order valence-electron chi connectivity index (χ2n) is 4.71. The third-order valence-corrected chi connectivity index (χ3v) is 5.43. The van der Waals surface area contributed by atoms with E-state index in [0.717, 1.165) is 23.3 Å². The molecule has 2 aromatic rings. The van der Waals surface area contributed by atoms with Crippen molar-refractivity contribution in [2.75, 3.05) is 0 Å². The van der Waals surface area contributed by atoms with Crippen molar-refractivity contribution in [3.8, 4) is 0 Å². The first-order chi connectivity index (χ1) is 9.02. The molecule has 0 radical (unpaired) electrons. The van der Waals surface area contributed by atoms with E-state index >= 15 is 0 Å². The molecule has 0 aliphatic rings. The van der Waals surface area contributed by atoms with Crippen molar-refractivity contribution in [1.29, 1.82) is 0 Å². The van der Waals surface area contributed by atoms with Gasteiger partial charge in [0.1, 0.15) is 0 Å². The Kier molecular flexibility index (Phi) is 4.81. The van der Waals surface area contributed by atoms with Gasteiger partial charge in [-0.1, -0.05) is 0 Å². The van der Waals surface area contributed by atoms with Crippen molar-refractivity contribution in [3.63, 3.8) is 0 Å². The molecule has 0 saturated carbocycles. The van der Waals surface area contributed by atoms with Crippen LogP contribution in [0.2, 0.25) is 0 Å². The molecule has 0 aromatic carbocycles. The number of nitrogens with one attached hydrogen (secondary N) is 1. The van der Waals surface area contributed by atoms with Crippen molar-refractivity contribution >= 4 is 27.3 Å². The molecule has 19 heavy (non-hydrogen) atoms. The maximum Gasteiger partial charge on any atom is 0.0739 e. The smallest absolute Gasteiger partial charge is 0.0739 e. The zero-order valence-corrected chi connectivity index (χ0v) is 14.2. The number of hydrogen-bond donors (Lipinski definition) is 1. The summed E-state index contributed by atoms with van der Waals surface area (Å²) in [5, 5.41) is 8.09. The van der Waals surface area contributed by atoms with Gasteiger partial charge in [-0.05, 0) is 55.8 Å². The summed E-state index contributed by atoms with van der Waals surface area (Å²) < 4.78 is 3.18. The monoisotopic (exact) mass is 341 g/mol. The molecular weight excluding hydrogens is 322 g/mol. The van der Waals surface area contributed by atoms with Crippen molar-refractivity contribution in [2.24, 2.45) is 0 Å². The molecule has 1 unspecified atom stereocenters. The van der Waals surface area contributed by atoms with Crippen LogP contribution in [0, 0.1) is 13.8 Å². The molecule has 0 aliphatic heterocycles. The highest BCUT2D eigenvalue weighted by Crippen LogP contribution is 2.24. The van der Waals surface area contributed by atoms with Crippen LogP contribution < -0.4 is 5.32 Å². The largest absolute Gasteiger partial charge is 0.304 e. The van der Waals surface area contributed by atoms with Gasteiger partial charge in [0.2, 0.25) is 0 Å². The SMILES string of the molecule is CCn1nc(C)c(Br)c1CNC(C)c1ccc(C)s1. The minimum Gasteiger partial charge on any atom is -0.304 e. The second kappa shape index (κ2) is 6.20. The van der Waals surface area contributed by atoms with Crippen molar-refractivity contribution in [2.45, 2.75) is 46.8 Å². The van der Waals surface area contributed by atoms with Gasteiger partial charge in [-0.2, -0.15) is 5.10 Å². The molecule has 2 heterocycles. The van der Waals surface area contributed by atoms with E-state index in [1.54, 1.807) is 0 Å². The van der Waals surface area contributed by atoms with Crippen LogP contribution in [0.5, 0.6) is 0 Å². The number of aromatic nitrogens is 2. The molecule has 0 amide bonds. The third-order valence-electron chi connectivity index (χ3n) is 3.22. The average Bonchev–Trinajstić information content (AvgIpc) is 2.93. The zero-order chi connectivity index (χ0) is 14.0. The lowest BCUT2D eigenvalue weighted by Crippen LogP contribution is -2.19. The summed E-state index contributed by atoms with van der Waals surface area (Å²) in [7, 11) is 0. The lowest BCUT2D eigenvalue weighted by Gasteiger charge is -2.13. The average molecular weight is 342 g/mol. The number of rotatable bonds is 5. The number of halogens is 1. The molecule has 2 rings (SSSR count). The fourth-order valence-corrected chi connectivity index (χ4v) is 3.40. The Morgan fingerprint density at radius 2 is 2.16 bits per heavy atom. The molecular formula is C14H20BrN3S. The van der Waals surface area contributed by atoms with E-state index in [1.165, 1.54) is 15.4 Å². The molecule has 0 fully saturated rings. The molecule has 104 valence electrons. The molecule has 5 heteroatoms. The summed E-state index contributed by atoms with van der Waals surface area (Å²) in [6.07, 6.45) is 0. The van der Waals surface area contributed by atoms with Gasteiger partial charge in [-0.3, -0.25) is 4.68 Å². The quantitative estimate of drug-likeness (QED) is 0.883. The van der Waals surface area contributed by atoms with Crippen LogP contribution in [0.15, 0.2) is 16.6 Å². The van der Waals surface area contributed by atoms with Gasteiger partial charge in [0.15, 0.2) is 0 Å². The van der Waals surface area contributed by atoms with E-state index in [1.807, 2.05) is 18.3 Å². The van der Waals surface area contributed by atoms with E-state index in [0.29, 0.717) is 6.04 Å². The van der Waals surface area contributed by atoms with Crippen LogP contribution in [0.1, 0.15) is 41.0 Å². The highest BCUT2D eigenvalue weighted by molar-refractivity contribution is 9.10. The summed E-state index contributed by atoms with van der Waals surface area (Å²) in [6.45, 7) is 10.2. The highest BCUT2D eigenvalue weighted by atomic mass is 79.9. The Morgan fingerprint density at radius 3 is 2.74 bits per heavy atom. The van der Waals surface area contributed by atoms with Gasteiger partial charge in [0.25, 0.3) is 0 Å². The Balaban J connectivity index is 2.06. The van der Waals surface area contributed by atoms with E-state index in [9.17, 15) is 0 Å². The number of thiophene rings is 1. The first-order valence-corrected chi connectivity index (χ1v) is 8.15. The Bertz CT molecular complexity index is 559. The molecule has 0 bridgehead atoms. The van der Waals surface area contributed by atoms with Crippen LogP contribution in [-0.2, 0) is 13.1 Å². The first-order valence-electron chi connectivity index (χ1n) is 6.54. The van der Waals surface area contributed by atoms with Gasteiger partial charge < -0.3 is 5.32 Å². The van der Waals surface area contributed by atoms with Crippen molar-refractivity contribution < 1.29 is 0 Å². The molecule has 0 aliphatic carbocycles. The second-order valence-corrected chi connectivity index (χ2v) is 6.83. The van der Waals surface area contributed by atoms with Crippen LogP contribution in [-0.4, -0.2) is 9.78 Å². The van der Waals surface area contributed by atoms with Crippen LogP contribution in [0.4, 0.5) is 0 Å². The summed E-state index contributed by atoms with van der Waals surface area (Å²) >= 11 is 5.49. The maximum atomic E-state index is 4.52. The highest BCUT2D eigenvalue weighted by Gasteiger charge is 2.14.